The van der Waals surface area contributed by atoms with E-state index < -0.39 is 0 Å². The third-order valence-corrected chi connectivity index (χ3v) is 5.71. The second-order valence-electron chi connectivity index (χ2n) is 7.00. The van der Waals surface area contributed by atoms with Crippen molar-refractivity contribution < 1.29 is 13.9 Å². The van der Waals surface area contributed by atoms with Gasteiger partial charge in [-0.3, -0.25) is 9.78 Å². The van der Waals surface area contributed by atoms with Gasteiger partial charge in [-0.25, -0.2) is 0 Å². The second kappa shape index (κ2) is 10.7. The molecule has 1 N–H and O–H groups in total. The minimum absolute atomic E-state index is 0.231. The molecular formula is C23H23N5O3S. The number of carbonyl (C=O) groups excluding carboxylic acids is 1. The molecule has 0 aliphatic carbocycles. The Labute approximate surface area is 190 Å². The van der Waals surface area contributed by atoms with Crippen LogP contribution in [0.5, 0.6) is 0 Å². The van der Waals surface area contributed by atoms with Crippen molar-refractivity contribution in [2.45, 2.75) is 30.6 Å². The standard InChI is InChI=1S/C23H23N5O3S/c1-30-15-19-7-8-20(31-19)22(29)25-13-21-26-27-23(32-16-18-9-11-24-12-10-18)28(21)14-17-5-3-2-4-6-17/h2-12H,13-16H2,1H3,(H,25,29). The molecule has 0 radical (unpaired) electrons. The summed E-state index contributed by atoms with van der Waals surface area (Å²) in [5.74, 6) is 1.94. The molecule has 9 heteroatoms. The first-order valence-corrected chi connectivity index (χ1v) is 11.0. The quantitative estimate of drug-likeness (QED) is 0.369. The Kier molecular flexibility index (Phi) is 7.31. The van der Waals surface area contributed by atoms with Crippen LogP contribution in [0.1, 0.15) is 33.3 Å². The molecule has 0 saturated carbocycles. The lowest BCUT2D eigenvalue weighted by Crippen LogP contribution is -2.24. The molecule has 0 bridgehead atoms. The molecule has 0 spiro atoms. The molecule has 1 aromatic carbocycles. The van der Waals surface area contributed by atoms with Gasteiger partial charge in [-0.05, 0) is 35.4 Å². The lowest BCUT2D eigenvalue weighted by atomic mass is 10.2. The van der Waals surface area contributed by atoms with Gasteiger partial charge in [-0.1, -0.05) is 42.1 Å². The summed E-state index contributed by atoms with van der Waals surface area (Å²) in [5.41, 5.74) is 2.28. The van der Waals surface area contributed by atoms with Crippen LogP contribution in [0.25, 0.3) is 0 Å². The van der Waals surface area contributed by atoms with Gasteiger partial charge in [0.2, 0.25) is 0 Å². The van der Waals surface area contributed by atoms with Crippen LogP contribution >= 0.6 is 11.8 Å². The fourth-order valence-corrected chi connectivity index (χ4v) is 3.99. The van der Waals surface area contributed by atoms with Crippen LogP contribution in [0.2, 0.25) is 0 Å². The first-order valence-electron chi connectivity index (χ1n) is 10.1. The Morgan fingerprint density at radius 1 is 1.06 bits per heavy atom. The second-order valence-corrected chi connectivity index (χ2v) is 7.94. The molecule has 4 rings (SSSR count). The van der Waals surface area contributed by atoms with Gasteiger partial charge in [0.05, 0.1) is 13.1 Å². The van der Waals surface area contributed by atoms with E-state index in [1.165, 1.54) is 0 Å². The molecule has 1 amide bonds. The number of nitrogens with one attached hydrogen (secondary N) is 1. The molecule has 0 aliphatic rings. The van der Waals surface area contributed by atoms with E-state index in [4.69, 9.17) is 9.15 Å². The maximum atomic E-state index is 12.5. The van der Waals surface area contributed by atoms with Gasteiger partial charge >= 0.3 is 0 Å². The van der Waals surface area contributed by atoms with Crippen molar-refractivity contribution in [2.24, 2.45) is 0 Å². The highest BCUT2D eigenvalue weighted by molar-refractivity contribution is 7.98. The number of aromatic nitrogens is 4. The Morgan fingerprint density at radius 3 is 2.66 bits per heavy atom. The lowest BCUT2D eigenvalue weighted by Gasteiger charge is -2.11. The van der Waals surface area contributed by atoms with Crippen LogP contribution in [0.4, 0.5) is 0 Å². The molecule has 0 unspecified atom stereocenters. The highest BCUT2D eigenvalue weighted by Crippen LogP contribution is 2.23. The summed E-state index contributed by atoms with van der Waals surface area (Å²) in [4.78, 5) is 16.6. The summed E-state index contributed by atoms with van der Waals surface area (Å²) in [6.45, 7) is 1.15. The first kappa shape index (κ1) is 21.8. The Hall–Kier alpha value is -3.43. The summed E-state index contributed by atoms with van der Waals surface area (Å²) >= 11 is 1.60. The maximum Gasteiger partial charge on any atom is 0.287 e. The van der Waals surface area contributed by atoms with Gasteiger partial charge in [-0.2, -0.15) is 0 Å². The molecule has 8 nitrogen and oxygen atoms in total. The summed E-state index contributed by atoms with van der Waals surface area (Å²) in [5, 5.41) is 12.4. The van der Waals surface area contributed by atoms with Crippen molar-refractivity contribution in [1.82, 2.24) is 25.1 Å². The normalized spacial score (nSPS) is 10.9. The monoisotopic (exact) mass is 449 g/mol. The van der Waals surface area contributed by atoms with E-state index in [-0.39, 0.29) is 18.2 Å². The van der Waals surface area contributed by atoms with Crippen molar-refractivity contribution in [3.05, 3.63) is 95.5 Å². The van der Waals surface area contributed by atoms with Crippen molar-refractivity contribution in [3.63, 3.8) is 0 Å². The van der Waals surface area contributed by atoms with E-state index in [9.17, 15) is 4.79 Å². The highest BCUT2D eigenvalue weighted by atomic mass is 32.2. The number of amides is 1. The zero-order valence-electron chi connectivity index (χ0n) is 17.6. The van der Waals surface area contributed by atoms with Crippen molar-refractivity contribution in [1.29, 1.82) is 0 Å². The molecule has 4 aromatic rings. The number of pyridine rings is 1. The molecule has 0 saturated heterocycles. The van der Waals surface area contributed by atoms with E-state index in [0.717, 1.165) is 22.0 Å². The molecule has 3 heterocycles. The molecule has 0 aliphatic heterocycles. The highest BCUT2D eigenvalue weighted by Gasteiger charge is 2.16. The van der Waals surface area contributed by atoms with E-state index in [1.54, 1.807) is 43.4 Å². The number of ether oxygens (including phenoxy) is 1. The zero-order valence-corrected chi connectivity index (χ0v) is 18.4. The minimum atomic E-state index is -0.312. The van der Waals surface area contributed by atoms with E-state index in [2.05, 4.69) is 32.6 Å². The number of methoxy groups -OCH3 is 1. The number of carbonyl (C=O) groups is 1. The summed E-state index contributed by atoms with van der Waals surface area (Å²) in [7, 11) is 1.58. The van der Waals surface area contributed by atoms with E-state index in [0.29, 0.717) is 24.7 Å². The molecule has 0 fully saturated rings. The van der Waals surface area contributed by atoms with E-state index >= 15 is 0 Å². The van der Waals surface area contributed by atoms with Crippen LogP contribution in [0, 0.1) is 0 Å². The van der Waals surface area contributed by atoms with Crippen LogP contribution in [0.3, 0.4) is 0 Å². The Bertz CT molecular complexity index is 1140. The SMILES string of the molecule is COCc1ccc(C(=O)NCc2nnc(SCc3ccncc3)n2Cc2ccccc2)o1. The summed E-state index contributed by atoms with van der Waals surface area (Å²) in [6.07, 6.45) is 3.55. The summed E-state index contributed by atoms with van der Waals surface area (Å²) in [6, 6.07) is 17.4. The molecular weight excluding hydrogens is 426 g/mol. The molecule has 32 heavy (non-hydrogen) atoms. The predicted molar refractivity (Wildman–Crippen MR) is 120 cm³/mol. The van der Waals surface area contributed by atoms with Crippen LogP contribution in [-0.4, -0.2) is 32.8 Å². The molecule has 3 aromatic heterocycles. The van der Waals surface area contributed by atoms with Gasteiger partial charge in [0.1, 0.15) is 12.4 Å². The van der Waals surface area contributed by atoms with Crippen LogP contribution in [0.15, 0.2) is 76.6 Å². The molecule has 0 atom stereocenters. The topological polar surface area (TPSA) is 95.1 Å². The number of nitrogens with zero attached hydrogens (tertiary/aromatic N) is 4. The number of furan rings is 1. The lowest BCUT2D eigenvalue weighted by molar-refractivity contribution is 0.0913. The van der Waals surface area contributed by atoms with Gasteiger partial charge in [0.25, 0.3) is 5.91 Å². The van der Waals surface area contributed by atoms with Crippen molar-refractivity contribution in [3.8, 4) is 0 Å². The van der Waals surface area contributed by atoms with Crippen LogP contribution < -0.4 is 5.32 Å². The van der Waals surface area contributed by atoms with Gasteiger partial charge in [0, 0.05) is 25.3 Å². The Morgan fingerprint density at radius 2 is 1.88 bits per heavy atom. The number of rotatable bonds is 10. The fourth-order valence-electron chi connectivity index (χ4n) is 3.07. The average Bonchev–Trinajstić information content (AvgIpc) is 3.45. The van der Waals surface area contributed by atoms with Crippen molar-refractivity contribution >= 4 is 17.7 Å². The smallest absolute Gasteiger partial charge is 0.287 e. The van der Waals surface area contributed by atoms with Gasteiger partial charge in [-0.15, -0.1) is 10.2 Å². The Balaban J connectivity index is 1.48. The predicted octanol–water partition coefficient (Wildman–Crippen LogP) is 3.68. The molecule has 164 valence electrons. The van der Waals surface area contributed by atoms with Crippen LogP contribution in [-0.2, 0) is 30.2 Å². The fraction of sp³-hybridized carbons (Fsp3) is 0.217. The third-order valence-electron chi connectivity index (χ3n) is 4.67. The van der Waals surface area contributed by atoms with Gasteiger partial charge in [0.15, 0.2) is 16.7 Å². The maximum absolute atomic E-state index is 12.5. The van der Waals surface area contributed by atoms with Gasteiger partial charge < -0.3 is 19.0 Å². The zero-order chi connectivity index (χ0) is 22.2. The number of thioether (sulfide) groups is 1. The largest absolute Gasteiger partial charge is 0.453 e. The average molecular weight is 450 g/mol. The minimum Gasteiger partial charge on any atom is -0.453 e. The number of hydrogen-bond acceptors (Lipinski definition) is 7. The first-order chi connectivity index (χ1) is 15.7. The number of benzene rings is 1. The van der Waals surface area contributed by atoms with Crippen molar-refractivity contribution in [2.75, 3.05) is 7.11 Å². The summed E-state index contributed by atoms with van der Waals surface area (Å²) < 4.78 is 12.6. The van der Waals surface area contributed by atoms with E-state index in [1.807, 2.05) is 34.9 Å². The number of hydrogen-bond donors (Lipinski definition) is 1. The third kappa shape index (κ3) is 5.63.